The number of hydrogen-bond acceptors (Lipinski definition) is 3. The van der Waals surface area contributed by atoms with E-state index < -0.39 is 5.60 Å². The van der Waals surface area contributed by atoms with Crippen LogP contribution in [0.4, 0.5) is 4.79 Å². The van der Waals surface area contributed by atoms with Gasteiger partial charge in [0.2, 0.25) is 0 Å². The molecule has 0 unspecified atom stereocenters. The van der Waals surface area contributed by atoms with Gasteiger partial charge < -0.3 is 14.4 Å². The molecular formula is C15H21NO3. The van der Waals surface area contributed by atoms with Crippen molar-refractivity contribution in [1.29, 1.82) is 0 Å². The average molecular weight is 263 g/mol. The number of carbonyl (C=O) groups excluding carboxylic acids is 1. The van der Waals surface area contributed by atoms with E-state index in [1.54, 1.807) is 12.0 Å². The summed E-state index contributed by atoms with van der Waals surface area (Å²) in [6.07, 6.45) is 0.579. The Kier molecular flexibility index (Phi) is 3.69. The molecule has 1 aliphatic heterocycles. The van der Waals surface area contributed by atoms with E-state index in [1.165, 1.54) is 5.56 Å². The molecule has 1 amide bonds. The molecule has 0 N–H and O–H groups in total. The molecule has 0 aliphatic carbocycles. The number of amides is 1. The number of fused-ring (bicyclic) bond motifs is 1. The predicted molar refractivity (Wildman–Crippen MR) is 73.3 cm³/mol. The highest BCUT2D eigenvalue weighted by atomic mass is 16.6. The van der Waals surface area contributed by atoms with Crippen LogP contribution in [0.2, 0.25) is 0 Å². The molecule has 104 valence electrons. The van der Waals surface area contributed by atoms with Crippen LogP contribution in [0.25, 0.3) is 0 Å². The fourth-order valence-corrected chi connectivity index (χ4v) is 2.22. The Labute approximate surface area is 114 Å². The molecule has 4 heteroatoms. The van der Waals surface area contributed by atoms with Gasteiger partial charge in [0.25, 0.3) is 0 Å². The molecule has 0 fully saturated rings. The van der Waals surface area contributed by atoms with E-state index in [-0.39, 0.29) is 6.09 Å². The summed E-state index contributed by atoms with van der Waals surface area (Å²) in [4.78, 5) is 13.8. The fraction of sp³-hybridized carbons (Fsp3) is 0.533. The maximum atomic E-state index is 12.1. The van der Waals surface area contributed by atoms with Gasteiger partial charge in [0.1, 0.15) is 11.4 Å². The third-order valence-electron chi connectivity index (χ3n) is 3.10. The van der Waals surface area contributed by atoms with Crippen molar-refractivity contribution < 1.29 is 14.3 Å². The number of hydrogen-bond donors (Lipinski definition) is 0. The van der Waals surface area contributed by atoms with Gasteiger partial charge in [-0.1, -0.05) is 12.1 Å². The number of nitrogens with zero attached hydrogens (tertiary/aromatic N) is 1. The first-order valence-electron chi connectivity index (χ1n) is 6.53. The van der Waals surface area contributed by atoms with Crippen LogP contribution in [0.1, 0.15) is 31.9 Å². The summed E-state index contributed by atoms with van der Waals surface area (Å²) in [5, 5.41) is 0. The van der Waals surface area contributed by atoms with Gasteiger partial charge in [0.15, 0.2) is 0 Å². The minimum absolute atomic E-state index is 0.260. The van der Waals surface area contributed by atoms with Gasteiger partial charge in [-0.05, 0) is 38.8 Å². The van der Waals surface area contributed by atoms with Crippen molar-refractivity contribution in [2.75, 3.05) is 13.7 Å². The summed E-state index contributed by atoms with van der Waals surface area (Å²) in [5.41, 5.74) is 1.87. The number of ether oxygens (including phenoxy) is 2. The van der Waals surface area contributed by atoms with Gasteiger partial charge in [0.05, 0.1) is 13.7 Å². The second kappa shape index (κ2) is 5.11. The van der Waals surface area contributed by atoms with Crippen LogP contribution < -0.4 is 4.74 Å². The highest BCUT2D eigenvalue weighted by Gasteiger charge is 2.27. The van der Waals surface area contributed by atoms with Gasteiger partial charge in [-0.2, -0.15) is 0 Å². The molecule has 4 nitrogen and oxygen atoms in total. The van der Waals surface area contributed by atoms with Crippen molar-refractivity contribution in [2.24, 2.45) is 0 Å². The van der Waals surface area contributed by atoms with E-state index in [0.29, 0.717) is 13.1 Å². The number of rotatable bonds is 1. The quantitative estimate of drug-likeness (QED) is 0.782. The maximum absolute atomic E-state index is 12.1. The van der Waals surface area contributed by atoms with Gasteiger partial charge in [-0.25, -0.2) is 4.79 Å². The fourth-order valence-electron chi connectivity index (χ4n) is 2.22. The standard InChI is InChI=1S/C15H21NO3/c1-15(2,3)19-14(17)16-9-8-11-6-5-7-13(18-4)12(11)10-16/h5-7H,8-10H2,1-4H3. The first-order valence-corrected chi connectivity index (χ1v) is 6.53. The monoisotopic (exact) mass is 263 g/mol. The Hall–Kier alpha value is -1.71. The van der Waals surface area contributed by atoms with E-state index in [4.69, 9.17) is 9.47 Å². The molecule has 19 heavy (non-hydrogen) atoms. The van der Waals surface area contributed by atoms with Crippen molar-refractivity contribution >= 4 is 6.09 Å². The normalized spacial score (nSPS) is 14.8. The largest absolute Gasteiger partial charge is 0.496 e. The molecule has 0 saturated carbocycles. The van der Waals surface area contributed by atoms with Gasteiger partial charge in [0, 0.05) is 12.1 Å². The minimum Gasteiger partial charge on any atom is -0.496 e. The summed E-state index contributed by atoms with van der Waals surface area (Å²) in [5.74, 6) is 0.839. The number of carbonyl (C=O) groups is 1. The Balaban J connectivity index is 2.15. The Bertz CT molecular complexity index is 463. The van der Waals surface area contributed by atoms with Crippen molar-refractivity contribution in [3.8, 4) is 5.75 Å². The highest BCUT2D eigenvalue weighted by Crippen LogP contribution is 2.28. The number of benzene rings is 1. The molecule has 0 aromatic heterocycles. The molecule has 0 saturated heterocycles. The summed E-state index contributed by atoms with van der Waals surface area (Å²) < 4.78 is 10.8. The summed E-state index contributed by atoms with van der Waals surface area (Å²) in [6.45, 7) is 6.87. The van der Waals surface area contributed by atoms with E-state index >= 15 is 0 Å². The zero-order valence-corrected chi connectivity index (χ0v) is 12.0. The van der Waals surface area contributed by atoms with E-state index in [2.05, 4.69) is 6.07 Å². The van der Waals surface area contributed by atoms with Crippen LogP contribution in [0.3, 0.4) is 0 Å². The molecule has 0 atom stereocenters. The van der Waals surface area contributed by atoms with Crippen molar-refractivity contribution in [3.05, 3.63) is 29.3 Å². The molecule has 0 bridgehead atoms. The van der Waals surface area contributed by atoms with Crippen LogP contribution in [0.5, 0.6) is 5.75 Å². The Morgan fingerprint density at radius 1 is 1.32 bits per heavy atom. The molecule has 1 aromatic rings. The smallest absolute Gasteiger partial charge is 0.410 e. The van der Waals surface area contributed by atoms with Gasteiger partial charge in [-0.3, -0.25) is 0 Å². The molecule has 0 radical (unpaired) electrons. The lowest BCUT2D eigenvalue weighted by atomic mass is 9.99. The van der Waals surface area contributed by atoms with E-state index in [9.17, 15) is 4.79 Å². The molecule has 2 rings (SSSR count). The zero-order chi connectivity index (χ0) is 14.0. The van der Waals surface area contributed by atoms with Crippen molar-refractivity contribution in [3.63, 3.8) is 0 Å². The van der Waals surface area contributed by atoms with Crippen LogP contribution in [-0.4, -0.2) is 30.2 Å². The zero-order valence-electron chi connectivity index (χ0n) is 12.0. The van der Waals surface area contributed by atoms with Gasteiger partial charge >= 0.3 is 6.09 Å². The lowest BCUT2D eigenvalue weighted by Crippen LogP contribution is -2.40. The van der Waals surface area contributed by atoms with Gasteiger partial charge in [-0.15, -0.1) is 0 Å². The second-order valence-corrected chi connectivity index (χ2v) is 5.75. The first kappa shape index (κ1) is 13.7. The molecule has 0 spiro atoms. The summed E-state index contributed by atoms with van der Waals surface area (Å²) in [7, 11) is 1.65. The summed E-state index contributed by atoms with van der Waals surface area (Å²) in [6, 6.07) is 6.00. The van der Waals surface area contributed by atoms with Crippen LogP contribution in [-0.2, 0) is 17.7 Å². The predicted octanol–water partition coefficient (Wildman–Crippen LogP) is 2.99. The van der Waals surface area contributed by atoms with E-state index in [0.717, 1.165) is 17.7 Å². The SMILES string of the molecule is COc1cccc2c1CN(C(=O)OC(C)(C)C)CC2. The van der Waals surface area contributed by atoms with Crippen LogP contribution in [0.15, 0.2) is 18.2 Å². The second-order valence-electron chi connectivity index (χ2n) is 5.75. The Morgan fingerprint density at radius 2 is 2.05 bits per heavy atom. The van der Waals surface area contributed by atoms with Crippen LogP contribution >= 0.6 is 0 Å². The lowest BCUT2D eigenvalue weighted by Gasteiger charge is -2.31. The lowest BCUT2D eigenvalue weighted by molar-refractivity contribution is 0.0222. The van der Waals surface area contributed by atoms with Crippen LogP contribution in [0, 0.1) is 0 Å². The molecule has 1 aromatic carbocycles. The summed E-state index contributed by atoms with van der Waals surface area (Å²) >= 11 is 0. The third-order valence-corrected chi connectivity index (χ3v) is 3.10. The van der Waals surface area contributed by atoms with E-state index in [1.807, 2.05) is 32.9 Å². The molecule has 1 aliphatic rings. The average Bonchev–Trinajstić information content (AvgIpc) is 2.35. The topological polar surface area (TPSA) is 38.8 Å². The Morgan fingerprint density at radius 3 is 2.68 bits per heavy atom. The highest BCUT2D eigenvalue weighted by molar-refractivity contribution is 5.69. The minimum atomic E-state index is -0.460. The first-order chi connectivity index (χ1) is 8.90. The third kappa shape index (κ3) is 3.19. The van der Waals surface area contributed by atoms with Crippen molar-refractivity contribution in [1.82, 2.24) is 4.90 Å². The molecule has 1 heterocycles. The maximum Gasteiger partial charge on any atom is 0.410 e. The van der Waals surface area contributed by atoms with Crippen molar-refractivity contribution in [2.45, 2.75) is 39.3 Å². The number of methoxy groups -OCH3 is 1. The molecular weight excluding hydrogens is 242 g/mol.